The standard InChI is InChI=1S/C38H73O8P/c1-3-5-7-9-11-13-15-17-18-19-20-21-23-24-26-28-30-32-37(39)44-34-36(35-45-47(41,42)43)46-38(40)33-31-29-27-25-22-16-14-12-10-8-6-4-2/h17-18,36H,3-16,19-35H2,1-2H3,(H2,41,42,43)/b18-17+/t36-/m1/s1. The van der Waals surface area contributed by atoms with Crippen molar-refractivity contribution in [2.24, 2.45) is 0 Å². The average molecular weight is 689 g/mol. The summed E-state index contributed by atoms with van der Waals surface area (Å²) in [5, 5.41) is 0. The molecule has 0 spiro atoms. The van der Waals surface area contributed by atoms with Gasteiger partial charge in [0, 0.05) is 12.8 Å². The molecule has 0 aliphatic heterocycles. The molecule has 0 fully saturated rings. The first-order chi connectivity index (χ1) is 22.8. The van der Waals surface area contributed by atoms with Crippen LogP contribution in [0.1, 0.15) is 200 Å². The van der Waals surface area contributed by atoms with Crippen LogP contribution in [0.2, 0.25) is 0 Å². The number of hydrogen-bond acceptors (Lipinski definition) is 6. The maximum Gasteiger partial charge on any atom is 0.469 e. The number of unbranched alkanes of at least 4 members (excludes halogenated alkanes) is 24. The van der Waals surface area contributed by atoms with E-state index in [1.807, 2.05) is 0 Å². The number of rotatable bonds is 36. The summed E-state index contributed by atoms with van der Waals surface area (Å²) in [5.74, 6) is -0.882. The van der Waals surface area contributed by atoms with Gasteiger partial charge in [-0.15, -0.1) is 0 Å². The van der Waals surface area contributed by atoms with Gasteiger partial charge in [-0.05, 0) is 38.5 Å². The summed E-state index contributed by atoms with van der Waals surface area (Å²) in [6.07, 6.45) is 36.4. The summed E-state index contributed by atoms with van der Waals surface area (Å²) in [5.41, 5.74) is 0. The van der Waals surface area contributed by atoms with Crippen LogP contribution in [0.5, 0.6) is 0 Å². The summed E-state index contributed by atoms with van der Waals surface area (Å²) < 4.78 is 26.3. The minimum Gasteiger partial charge on any atom is -0.462 e. The van der Waals surface area contributed by atoms with Crippen LogP contribution in [0.15, 0.2) is 12.2 Å². The molecule has 8 nitrogen and oxygen atoms in total. The fraction of sp³-hybridized carbons (Fsp3) is 0.895. The molecule has 0 aromatic rings. The Labute approximate surface area is 288 Å². The molecule has 9 heteroatoms. The first kappa shape index (κ1) is 45.8. The van der Waals surface area contributed by atoms with Crippen molar-refractivity contribution >= 4 is 19.8 Å². The second-order valence-corrected chi connectivity index (χ2v) is 14.5. The highest BCUT2D eigenvalue weighted by Crippen LogP contribution is 2.36. The quantitative estimate of drug-likeness (QED) is 0.0289. The van der Waals surface area contributed by atoms with E-state index in [0.717, 1.165) is 51.4 Å². The largest absolute Gasteiger partial charge is 0.469 e. The van der Waals surface area contributed by atoms with E-state index < -0.39 is 32.5 Å². The molecular formula is C38H73O8P. The van der Waals surface area contributed by atoms with E-state index in [9.17, 15) is 14.2 Å². The van der Waals surface area contributed by atoms with Crippen LogP contribution in [0.25, 0.3) is 0 Å². The second-order valence-electron chi connectivity index (χ2n) is 13.3. The first-order valence-electron chi connectivity index (χ1n) is 19.5. The van der Waals surface area contributed by atoms with Gasteiger partial charge < -0.3 is 19.3 Å². The summed E-state index contributed by atoms with van der Waals surface area (Å²) in [7, 11) is -4.74. The van der Waals surface area contributed by atoms with Gasteiger partial charge in [-0.3, -0.25) is 14.1 Å². The third-order valence-electron chi connectivity index (χ3n) is 8.53. The lowest BCUT2D eigenvalue weighted by Gasteiger charge is -2.18. The van der Waals surface area contributed by atoms with Crippen LogP contribution < -0.4 is 0 Å². The number of phosphoric acid groups is 1. The molecule has 0 unspecified atom stereocenters. The maximum absolute atomic E-state index is 12.3. The van der Waals surface area contributed by atoms with Crippen molar-refractivity contribution in [2.45, 2.75) is 206 Å². The van der Waals surface area contributed by atoms with Gasteiger partial charge in [0.25, 0.3) is 0 Å². The van der Waals surface area contributed by atoms with Crippen LogP contribution in [0.3, 0.4) is 0 Å². The molecular weight excluding hydrogens is 615 g/mol. The van der Waals surface area contributed by atoms with Gasteiger partial charge in [0.2, 0.25) is 0 Å². The number of carbonyl (C=O) groups excluding carboxylic acids is 2. The lowest BCUT2D eigenvalue weighted by Crippen LogP contribution is -2.29. The van der Waals surface area contributed by atoms with Gasteiger partial charge in [-0.2, -0.15) is 0 Å². The Kier molecular flexibility index (Phi) is 33.8. The van der Waals surface area contributed by atoms with Crippen LogP contribution in [-0.2, 0) is 28.2 Å². The van der Waals surface area contributed by atoms with Gasteiger partial charge in [0.05, 0.1) is 6.61 Å². The minimum atomic E-state index is -4.74. The van der Waals surface area contributed by atoms with Gasteiger partial charge >= 0.3 is 19.8 Å². The molecule has 0 rings (SSSR count). The van der Waals surface area contributed by atoms with Crippen LogP contribution in [0.4, 0.5) is 0 Å². The van der Waals surface area contributed by atoms with Crippen molar-refractivity contribution < 1.29 is 37.9 Å². The zero-order valence-electron chi connectivity index (χ0n) is 30.4. The number of carbonyl (C=O) groups is 2. The Morgan fingerprint density at radius 3 is 1.30 bits per heavy atom. The van der Waals surface area contributed by atoms with Crippen molar-refractivity contribution in [2.75, 3.05) is 13.2 Å². The summed E-state index contributed by atoms with van der Waals surface area (Å²) in [6.45, 7) is 3.68. The Morgan fingerprint density at radius 2 is 0.894 bits per heavy atom. The maximum atomic E-state index is 12.3. The first-order valence-corrected chi connectivity index (χ1v) is 21.0. The zero-order valence-corrected chi connectivity index (χ0v) is 31.3. The minimum absolute atomic E-state index is 0.216. The normalized spacial score (nSPS) is 12.5. The Morgan fingerprint density at radius 1 is 0.532 bits per heavy atom. The SMILES string of the molecule is CCCCCCCC/C=C/CCCCCCCCCC(=O)OC[C@H](COP(=O)(O)O)OC(=O)CCCCCCCCCCCCCC. The molecule has 1 atom stereocenters. The summed E-state index contributed by atoms with van der Waals surface area (Å²) in [4.78, 5) is 42.7. The van der Waals surface area contributed by atoms with E-state index in [-0.39, 0.29) is 19.4 Å². The van der Waals surface area contributed by atoms with Crippen molar-refractivity contribution in [3.8, 4) is 0 Å². The molecule has 278 valence electrons. The topological polar surface area (TPSA) is 119 Å². The monoisotopic (exact) mass is 689 g/mol. The van der Waals surface area contributed by atoms with Crippen LogP contribution >= 0.6 is 7.82 Å². The molecule has 0 saturated heterocycles. The third kappa shape index (κ3) is 37.5. The Balaban J connectivity index is 3.91. The van der Waals surface area contributed by atoms with Gasteiger partial charge in [-0.25, -0.2) is 4.57 Å². The predicted molar refractivity (Wildman–Crippen MR) is 193 cm³/mol. The molecule has 47 heavy (non-hydrogen) atoms. The van der Waals surface area contributed by atoms with E-state index in [1.54, 1.807) is 0 Å². The summed E-state index contributed by atoms with van der Waals surface area (Å²) in [6, 6.07) is 0. The highest BCUT2D eigenvalue weighted by molar-refractivity contribution is 7.46. The fourth-order valence-electron chi connectivity index (χ4n) is 5.60. The van der Waals surface area contributed by atoms with E-state index in [1.165, 1.54) is 116 Å². The van der Waals surface area contributed by atoms with E-state index >= 15 is 0 Å². The lowest BCUT2D eigenvalue weighted by atomic mass is 10.0. The van der Waals surface area contributed by atoms with Gasteiger partial charge in [-0.1, -0.05) is 161 Å². The molecule has 0 aromatic heterocycles. The van der Waals surface area contributed by atoms with Crippen molar-refractivity contribution in [3.05, 3.63) is 12.2 Å². The number of esters is 2. The van der Waals surface area contributed by atoms with E-state index in [2.05, 4.69) is 30.5 Å². The smallest absolute Gasteiger partial charge is 0.462 e. The highest BCUT2D eigenvalue weighted by atomic mass is 31.2. The Hall–Kier alpha value is -1.21. The second kappa shape index (κ2) is 34.6. The number of hydrogen-bond donors (Lipinski definition) is 2. The van der Waals surface area contributed by atoms with Crippen LogP contribution in [0, 0.1) is 0 Å². The molecule has 0 amide bonds. The van der Waals surface area contributed by atoms with E-state index in [4.69, 9.17) is 19.3 Å². The number of ether oxygens (including phenoxy) is 2. The fourth-order valence-corrected chi connectivity index (χ4v) is 5.96. The molecule has 0 aliphatic carbocycles. The van der Waals surface area contributed by atoms with Crippen molar-refractivity contribution in [1.82, 2.24) is 0 Å². The van der Waals surface area contributed by atoms with Gasteiger partial charge in [0.1, 0.15) is 6.61 Å². The highest BCUT2D eigenvalue weighted by Gasteiger charge is 2.22. The Bertz CT molecular complexity index is 782. The lowest BCUT2D eigenvalue weighted by molar-refractivity contribution is -0.161. The van der Waals surface area contributed by atoms with Gasteiger partial charge in [0.15, 0.2) is 6.10 Å². The molecule has 0 aliphatic rings. The average Bonchev–Trinajstić information content (AvgIpc) is 3.04. The molecule has 0 heterocycles. The predicted octanol–water partition coefficient (Wildman–Crippen LogP) is 11.5. The molecule has 0 aromatic carbocycles. The molecule has 0 radical (unpaired) electrons. The number of phosphoric ester groups is 1. The molecule has 0 saturated carbocycles. The van der Waals surface area contributed by atoms with E-state index in [0.29, 0.717) is 6.42 Å². The van der Waals surface area contributed by atoms with Crippen LogP contribution in [-0.4, -0.2) is 41.0 Å². The zero-order chi connectivity index (χ0) is 34.7. The van der Waals surface area contributed by atoms with Crippen molar-refractivity contribution in [1.29, 1.82) is 0 Å². The number of allylic oxidation sites excluding steroid dienone is 2. The summed E-state index contributed by atoms with van der Waals surface area (Å²) >= 11 is 0. The molecule has 0 bridgehead atoms. The van der Waals surface area contributed by atoms with Crippen molar-refractivity contribution in [3.63, 3.8) is 0 Å². The molecule has 2 N–H and O–H groups in total. The third-order valence-corrected chi connectivity index (χ3v) is 9.02.